The normalized spacial score (nSPS) is 5.27. The molecule has 0 unspecified atom stereocenters. The third-order valence-electron chi connectivity index (χ3n) is 0.258. The summed E-state index contributed by atoms with van der Waals surface area (Å²) < 4.78 is 4.17. The van der Waals surface area contributed by atoms with Crippen LogP contribution in [-0.2, 0) is 19.1 Å². The van der Waals surface area contributed by atoms with Gasteiger partial charge in [-0.15, -0.1) is 0 Å². The first-order valence-electron chi connectivity index (χ1n) is 2.29. The Morgan fingerprint density at radius 1 is 1.55 bits per heavy atom. The lowest BCUT2D eigenvalue weighted by Crippen LogP contribution is -1.89. The van der Waals surface area contributed by atoms with E-state index in [1.807, 2.05) is 6.79 Å². The monoisotopic (exact) mass is 182 g/mol. The van der Waals surface area contributed by atoms with Gasteiger partial charge in [0, 0.05) is 11.6 Å². The van der Waals surface area contributed by atoms with Crippen LogP contribution in [0, 0.1) is 0 Å². The highest BCUT2D eigenvalue weighted by molar-refractivity contribution is 6.61. The molecule has 0 aliphatic heterocycles. The molecule has 0 N–H and O–H groups in total. The molecule has 0 saturated carbocycles. The van der Waals surface area contributed by atoms with Crippen LogP contribution >= 0.6 is 11.6 Å². The molecule has 0 aliphatic rings. The maximum atomic E-state index is 9.59. The van der Waals surface area contributed by atoms with E-state index in [2.05, 4.69) is 4.74 Å². The molecule has 0 radical (unpaired) electrons. The van der Waals surface area contributed by atoms with E-state index >= 15 is 0 Å². The van der Waals surface area contributed by atoms with Crippen molar-refractivity contribution in [1.82, 2.24) is 0 Å². The van der Waals surface area contributed by atoms with E-state index in [1.54, 1.807) is 6.92 Å². The van der Waals surface area contributed by atoms with Crippen LogP contribution in [0.4, 0.5) is 4.79 Å². The Balaban J connectivity index is -0.000000109. The van der Waals surface area contributed by atoms with E-state index in [0.717, 1.165) is 0 Å². The fourth-order valence-electron chi connectivity index (χ4n) is 0.113. The standard InChI is InChI=1S/C3H5ClO2.CO2.CH2O/c1-2-6-3(4)5;2-1-3;1-2/h2H2,1H3;;1H2. The summed E-state index contributed by atoms with van der Waals surface area (Å²) in [6.07, 6.45) is 0.250. The molecule has 11 heavy (non-hydrogen) atoms. The van der Waals surface area contributed by atoms with E-state index in [9.17, 15) is 4.79 Å². The molecule has 5 nitrogen and oxygen atoms in total. The van der Waals surface area contributed by atoms with Crippen molar-refractivity contribution >= 4 is 30.0 Å². The summed E-state index contributed by atoms with van der Waals surface area (Å²) >= 11 is 4.72. The topological polar surface area (TPSA) is 77.5 Å². The van der Waals surface area contributed by atoms with Gasteiger partial charge >= 0.3 is 11.6 Å². The Labute approximate surface area is 68.3 Å². The minimum absolute atomic E-state index is 0.250. The number of ether oxygens (including phenoxy) is 1. The molecule has 6 heteroatoms. The number of rotatable bonds is 1. The number of hydrogen-bond donors (Lipinski definition) is 0. The molecule has 0 rings (SSSR count). The first kappa shape index (κ1) is 16.4. The molecule has 0 spiro atoms. The van der Waals surface area contributed by atoms with Crippen LogP contribution < -0.4 is 0 Å². The van der Waals surface area contributed by atoms with E-state index in [0.29, 0.717) is 6.61 Å². The quantitative estimate of drug-likeness (QED) is 0.556. The van der Waals surface area contributed by atoms with E-state index < -0.39 is 5.43 Å². The summed E-state index contributed by atoms with van der Waals surface area (Å²) in [5.74, 6) is 0. The van der Waals surface area contributed by atoms with Crippen molar-refractivity contribution in [3.8, 4) is 0 Å². The van der Waals surface area contributed by atoms with Crippen LogP contribution in [0.1, 0.15) is 6.92 Å². The molecule has 0 fully saturated rings. The summed E-state index contributed by atoms with van der Waals surface area (Å²) in [4.78, 5) is 33.8. The number of hydrogen-bond acceptors (Lipinski definition) is 5. The highest BCUT2D eigenvalue weighted by atomic mass is 35.5. The molecule has 0 atom stereocenters. The number of carbonyl (C=O) groups excluding carboxylic acids is 4. The molecule has 0 aromatic heterocycles. The van der Waals surface area contributed by atoms with Crippen LogP contribution in [0.2, 0.25) is 0 Å². The highest BCUT2D eigenvalue weighted by Crippen LogP contribution is 1.82. The van der Waals surface area contributed by atoms with Crippen molar-refractivity contribution < 1.29 is 23.9 Å². The zero-order valence-electron chi connectivity index (χ0n) is 5.83. The Kier molecular flexibility index (Phi) is 34.7. The van der Waals surface area contributed by atoms with Crippen molar-refractivity contribution in [3.63, 3.8) is 0 Å². The molecule has 0 amide bonds. The van der Waals surface area contributed by atoms with Gasteiger partial charge in [-0.2, -0.15) is 9.59 Å². The van der Waals surface area contributed by atoms with Crippen LogP contribution in [-0.4, -0.2) is 25.0 Å². The van der Waals surface area contributed by atoms with Gasteiger partial charge < -0.3 is 9.53 Å². The lowest BCUT2D eigenvalue weighted by molar-refractivity contribution is -0.191. The molecule has 0 heterocycles. The molecule has 64 valence electrons. The van der Waals surface area contributed by atoms with Gasteiger partial charge in [0.25, 0.3) is 0 Å². The number of halogens is 1. The maximum absolute atomic E-state index is 9.59. The van der Waals surface area contributed by atoms with Gasteiger partial charge in [-0.25, -0.2) is 4.79 Å². The molecule has 0 aromatic rings. The maximum Gasteiger partial charge on any atom is 0.403 e. The Morgan fingerprint density at radius 3 is 1.82 bits per heavy atom. The minimum Gasteiger partial charge on any atom is -0.454 e. The zero-order valence-corrected chi connectivity index (χ0v) is 6.59. The van der Waals surface area contributed by atoms with E-state index in [-0.39, 0.29) is 6.15 Å². The van der Waals surface area contributed by atoms with Crippen molar-refractivity contribution in [2.45, 2.75) is 6.92 Å². The summed E-state index contributed by atoms with van der Waals surface area (Å²) in [5, 5.41) is 0. The summed E-state index contributed by atoms with van der Waals surface area (Å²) in [6.45, 7) is 4.04. The fourth-order valence-corrected chi connectivity index (χ4v) is 0.223. The molecule has 0 aromatic carbocycles. The molecule has 0 bridgehead atoms. The average molecular weight is 183 g/mol. The average Bonchev–Trinajstić information content (AvgIpc) is 1.93. The molecular weight excluding hydrogens is 176 g/mol. The number of carbonyl (C=O) groups is 2. The van der Waals surface area contributed by atoms with Crippen LogP contribution in [0.3, 0.4) is 0 Å². The van der Waals surface area contributed by atoms with Crippen LogP contribution in [0.5, 0.6) is 0 Å². The van der Waals surface area contributed by atoms with Gasteiger partial charge in [0.05, 0.1) is 6.61 Å². The Hall–Kier alpha value is -1.19. The van der Waals surface area contributed by atoms with Gasteiger partial charge in [-0.1, -0.05) is 0 Å². The minimum atomic E-state index is -0.738. The second-order valence-electron chi connectivity index (χ2n) is 0.754. The lowest BCUT2D eigenvalue weighted by Gasteiger charge is -1.86. The predicted octanol–water partition coefficient (Wildman–Crippen LogP) is 0.613. The predicted molar refractivity (Wildman–Crippen MR) is 35.0 cm³/mol. The Morgan fingerprint density at radius 2 is 1.82 bits per heavy atom. The van der Waals surface area contributed by atoms with Crippen molar-refractivity contribution in [3.05, 3.63) is 0 Å². The van der Waals surface area contributed by atoms with E-state index in [4.69, 9.17) is 26.0 Å². The van der Waals surface area contributed by atoms with Crippen molar-refractivity contribution in [1.29, 1.82) is 0 Å². The SMILES string of the molecule is C=O.CCOC(=O)Cl.O=C=O. The second-order valence-corrected chi connectivity index (χ2v) is 1.06. The fraction of sp³-hybridized carbons (Fsp3) is 0.400. The third kappa shape index (κ3) is 125. The van der Waals surface area contributed by atoms with Crippen molar-refractivity contribution in [2.75, 3.05) is 6.61 Å². The van der Waals surface area contributed by atoms with Gasteiger partial charge in [0.15, 0.2) is 0 Å². The van der Waals surface area contributed by atoms with E-state index in [1.165, 1.54) is 0 Å². The summed E-state index contributed by atoms with van der Waals surface area (Å²) in [7, 11) is 0. The molecular formula is C5H7ClO5. The second kappa shape index (κ2) is 23.2. The van der Waals surface area contributed by atoms with Crippen molar-refractivity contribution in [2.24, 2.45) is 0 Å². The highest BCUT2D eigenvalue weighted by Gasteiger charge is 1.85. The van der Waals surface area contributed by atoms with Gasteiger partial charge in [0.1, 0.15) is 6.79 Å². The first-order valence-corrected chi connectivity index (χ1v) is 2.67. The summed E-state index contributed by atoms with van der Waals surface area (Å²) in [6, 6.07) is 0. The van der Waals surface area contributed by atoms with Gasteiger partial charge in [-0.3, -0.25) is 0 Å². The first-order chi connectivity index (χ1) is 5.18. The lowest BCUT2D eigenvalue weighted by atomic mass is 10.9. The van der Waals surface area contributed by atoms with Gasteiger partial charge in [0.2, 0.25) is 0 Å². The molecule has 0 aliphatic carbocycles. The third-order valence-corrected chi connectivity index (χ3v) is 0.367. The Bertz CT molecular complexity index is 118. The van der Waals surface area contributed by atoms with Crippen LogP contribution in [0.25, 0.3) is 0 Å². The smallest absolute Gasteiger partial charge is 0.403 e. The largest absolute Gasteiger partial charge is 0.454 e. The van der Waals surface area contributed by atoms with Gasteiger partial charge in [-0.05, 0) is 6.92 Å². The zero-order chi connectivity index (χ0) is 9.70. The summed E-state index contributed by atoms with van der Waals surface area (Å²) in [5.41, 5.74) is -0.738. The molecule has 0 saturated heterocycles. The van der Waals surface area contributed by atoms with Crippen LogP contribution in [0.15, 0.2) is 0 Å².